The second-order valence-corrected chi connectivity index (χ2v) is 5.37. The van der Waals surface area contributed by atoms with Crippen LogP contribution < -0.4 is 10.6 Å². The zero-order valence-corrected chi connectivity index (χ0v) is 12.0. The first kappa shape index (κ1) is 13.4. The first-order valence-electron chi connectivity index (χ1n) is 7.10. The number of ether oxygens (including phenoxy) is 1. The van der Waals surface area contributed by atoms with Crippen LogP contribution in [0.15, 0.2) is 12.3 Å². The number of hydrogen-bond acceptors (Lipinski definition) is 3. The third kappa shape index (κ3) is 2.07. The summed E-state index contributed by atoms with van der Waals surface area (Å²) in [5.41, 5.74) is 4.49. The van der Waals surface area contributed by atoms with Gasteiger partial charge in [0.15, 0.2) is 0 Å². The van der Waals surface area contributed by atoms with Crippen LogP contribution in [0.2, 0.25) is 0 Å². The van der Waals surface area contributed by atoms with Crippen molar-refractivity contribution in [3.05, 3.63) is 29.1 Å². The molecular weight excluding hydrogens is 254 g/mol. The zero-order valence-electron chi connectivity index (χ0n) is 12.0. The van der Waals surface area contributed by atoms with Gasteiger partial charge in [-0.2, -0.15) is 0 Å². The number of hydrogen-bond donors (Lipinski definition) is 2. The Morgan fingerprint density at radius 1 is 1.60 bits per heavy atom. The lowest BCUT2D eigenvalue weighted by atomic mass is 9.85. The fourth-order valence-corrected chi connectivity index (χ4v) is 3.26. The molecule has 0 spiro atoms. The topological polar surface area (TPSA) is 55.3 Å². The lowest BCUT2D eigenvalue weighted by Crippen LogP contribution is -2.23. The lowest BCUT2D eigenvalue weighted by Gasteiger charge is -2.24. The number of carbonyl (C=O) groups excluding carboxylic acids is 1. The van der Waals surface area contributed by atoms with Gasteiger partial charge in [-0.3, -0.25) is 4.79 Å². The molecule has 108 valence electrons. The van der Waals surface area contributed by atoms with Crippen molar-refractivity contribution in [1.82, 2.24) is 15.2 Å². The van der Waals surface area contributed by atoms with Crippen LogP contribution in [0.4, 0.5) is 0 Å². The van der Waals surface area contributed by atoms with E-state index in [2.05, 4.69) is 21.3 Å². The van der Waals surface area contributed by atoms with E-state index in [0.717, 1.165) is 37.2 Å². The molecule has 1 atom stereocenters. The minimum absolute atomic E-state index is 0.00381. The molecule has 0 bridgehead atoms. The normalized spacial score (nSPS) is 20.9. The van der Waals surface area contributed by atoms with Gasteiger partial charge in [-0.15, -0.1) is 0 Å². The minimum atomic E-state index is -0.00381. The molecule has 1 aliphatic carbocycles. The maximum absolute atomic E-state index is 12.2. The molecule has 3 rings (SSSR count). The SMILES string of the molecule is CNC(=O)c1cn2c3c1C(COC)CC=C3CNCC2. The van der Waals surface area contributed by atoms with Crippen molar-refractivity contribution in [2.45, 2.75) is 18.9 Å². The fourth-order valence-electron chi connectivity index (χ4n) is 3.26. The number of carbonyl (C=O) groups is 1. The number of methoxy groups -OCH3 is 1. The molecule has 2 aliphatic rings. The van der Waals surface area contributed by atoms with E-state index in [1.54, 1.807) is 14.2 Å². The zero-order chi connectivity index (χ0) is 14.1. The molecule has 5 heteroatoms. The van der Waals surface area contributed by atoms with Crippen molar-refractivity contribution in [2.24, 2.45) is 0 Å². The highest BCUT2D eigenvalue weighted by atomic mass is 16.5. The molecule has 5 nitrogen and oxygen atoms in total. The van der Waals surface area contributed by atoms with Gasteiger partial charge in [0.2, 0.25) is 0 Å². The third-order valence-electron chi connectivity index (χ3n) is 4.16. The lowest BCUT2D eigenvalue weighted by molar-refractivity contribution is 0.0960. The summed E-state index contributed by atoms with van der Waals surface area (Å²) < 4.78 is 7.56. The summed E-state index contributed by atoms with van der Waals surface area (Å²) in [5.74, 6) is 0.265. The van der Waals surface area contributed by atoms with Gasteiger partial charge in [0.05, 0.1) is 12.2 Å². The maximum Gasteiger partial charge on any atom is 0.252 e. The van der Waals surface area contributed by atoms with Gasteiger partial charge in [-0.05, 0) is 17.6 Å². The number of rotatable bonds is 3. The van der Waals surface area contributed by atoms with Crippen molar-refractivity contribution in [3.63, 3.8) is 0 Å². The van der Waals surface area contributed by atoms with E-state index in [-0.39, 0.29) is 11.8 Å². The fraction of sp³-hybridized carbons (Fsp3) is 0.533. The molecule has 1 amide bonds. The van der Waals surface area contributed by atoms with Crippen LogP contribution in [0, 0.1) is 0 Å². The molecule has 0 aromatic carbocycles. The Morgan fingerprint density at radius 2 is 2.45 bits per heavy atom. The Labute approximate surface area is 119 Å². The summed E-state index contributed by atoms with van der Waals surface area (Å²) in [4.78, 5) is 12.2. The molecule has 1 aromatic heterocycles. The molecule has 0 radical (unpaired) electrons. The minimum Gasteiger partial charge on any atom is -0.384 e. The van der Waals surface area contributed by atoms with Crippen LogP contribution in [0.1, 0.15) is 34.0 Å². The van der Waals surface area contributed by atoms with Crippen LogP contribution in [-0.2, 0) is 11.3 Å². The van der Waals surface area contributed by atoms with Crippen LogP contribution >= 0.6 is 0 Å². The van der Waals surface area contributed by atoms with Gasteiger partial charge in [0, 0.05) is 51.6 Å². The number of nitrogens with one attached hydrogen (secondary N) is 2. The van der Waals surface area contributed by atoms with Gasteiger partial charge >= 0.3 is 0 Å². The Morgan fingerprint density at radius 3 is 3.20 bits per heavy atom. The first-order valence-corrected chi connectivity index (χ1v) is 7.10. The molecule has 1 aliphatic heterocycles. The monoisotopic (exact) mass is 275 g/mol. The summed E-state index contributed by atoms with van der Waals surface area (Å²) in [6.45, 7) is 3.36. The highest BCUT2D eigenvalue weighted by Gasteiger charge is 2.31. The average molecular weight is 275 g/mol. The van der Waals surface area contributed by atoms with Gasteiger partial charge in [0.1, 0.15) is 0 Å². The smallest absolute Gasteiger partial charge is 0.252 e. The Hall–Kier alpha value is -1.59. The summed E-state index contributed by atoms with van der Waals surface area (Å²) in [7, 11) is 3.40. The molecule has 0 saturated heterocycles. The molecule has 0 fully saturated rings. The van der Waals surface area contributed by atoms with E-state index in [4.69, 9.17) is 4.74 Å². The molecule has 1 aromatic rings. The van der Waals surface area contributed by atoms with Crippen molar-refractivity contribution in [1.29, 1.82) is 0 Å². The van der Waals surface area contributed by atoms with Crippen molar-refractivity contribution in [3.8, 4) is 0 Å². The maximum atomic E-state index is 12.2. The van der Waals surface area contributed by atoms with Crippen LogP contribution in [-0.4, -0.2) is 44.3 Å². The standard InChI is InChI=1S/C15H21N3O2/c1-16-15(19)12-8-18-6-5-17-7-10-3-4-11(9-20-2)13(12)14(10)18/h3,8,11,17H,4-7,9H2,1-2H3,(H,16,19). The van der Waals surface area contributed by atoms with E-state index in [0.29, 0.717) is 6.61 Å². The third-order valence-corrected chi connectivity index (χ3v) is 4.16. The Bertz CT molecular complexity index is 560. The predicted molar refractivity (Wildman–Crippen MR) is 77.9 cm³/mol. The predicted octanol–water partition coefficient (Wildman–Crippen LogP) is 0.968. The summed E-state index contributed by atoms with van der Waals surface area (Å²) in [6, 6.07) is 0. The number of allylic oxidation sites excluding steroid dienone is 1. The van der Waals surface area contributed by atoms with Crippen molar-refractivity contribution >= 4 is 11.5 Å². The van der Waals surface area contributed by atoms with E-state index in [1.807, 2.05) is 6.20 Å². The van der Waals surface area contributed by atoms with E-state index >= 15 is 0 Å². The van der Waals surface area contributed by atoms with Gasteiger partial charge in [-0.1, -0.05) is 6.08 Å². The molecule has 20 heavy (non-hydrogen) atoms. The van der Waals surface area contributed by atoms with Gasteiger partial charge in [-0.25, -0.2) is 0 Å². The molecule has 0 saturated carbocycles. The van der Waals surface area contributed by atoms with E-state index in [9.17, 15) is 4.79 Å². The van der Waals surface area contributed by atoms with Gasteiger partial charge in [0.25, 0.3) is 5.91 Å². The first-order chi connectivity index (χ1) is 9.76. The van der Waals surface area contributed by atoms with Crippen LogP contribution in [0.3, 0.4) is 0 Å². The van der Waals surface area contributed by atoms with E-state index in [1.165, 1.54) is 11.3 Å². The largest absolute Gasteiger partial charge is 0.384 e. The number of aromatic nitrogens is 1. The summed E-state index contributed by atoms with van der Waals surface area (Å²) >= 11 is 0. The average Bonchev–Trinajstić information content (AvgIpc) is 2.73. The van der Waals surface area contributed by atoms with Gasteiger partial charge < -0.3 is 19.9 Å². The Kier molecular flexibility index (Phi) is 3.63. The van der Waals surface area contributed by atoms with Crippen molar-refractivity contribution < 1.29 is 9.53 Å². The molecule has 2 N–H and O–H groups in total. The number of amides is 1. The molecule has 1 unspecified atom stereocenters. The molecule has 2 heterocycles. The summed E-state index contributed by atoms with van der Waals surface area (Å²) in [6.07, 6.45) is 5.22. The van der Waals surface area contributed by atoms with Crippen molar-refractivity contribution in [2.75, 3.05) is 33.9 Å². The Balaban J connectivity index is 2.15. The van der Waals surface area contributed by atoms with E-state index < -0.39 is 0 Å². The number of nitrogens with zero attached hydrogens (tertiary/aromatic N) is 1. The molecular formula is C15H21N3O2. The second-order valence-electron chi connectivity index (χ2n) is 5.37. The highest BCUT2D eigenvalue weighted by Crippen LogP contribution is 2.38. The highest BCUT2D eigenvalue weighted by molar-refractivity contribution is 5.97. The quantitative estimate of drug-likeness (QED) is 0.864. The van der Waals surface area contributed by atoms with Crippen LogP contribution in [0.25, 0.3) is 5.57 Å². The summed E-state index contributed by atoms with van der Waals surface area (Å²) in [5, 5.41) is 6.19. The van der Waals surface area contributed by atoms with Crippen LogP contribution in [0.5, 0.6) is 0 Å². The second kappa shape index (κ2) is 5.42.